The van der Waals surface area contributed by atoms with Gasteiger partial charge in [0.25, 0.3) is 0 Å². The Kier molecular flexibility index (Phi) is 2.57. The highest BCUT2D eigenvalue weighted by atomic mass is 127. The molecule has 5 heteroatoms. The highest BCUT2D eigenvalue weighted by molar-refractivity contribution is 14.1. The standard InChI is InChI=1S/C10H5F3IN/c11-10(12,13)7-3-4-8(14)9-6(7)2-1-5-15-9/h1-5H. The third-order valence-corrected chi connectivity index (χ3v) is 2.90. The molecule has 2 aromatic rings. The first-order valence-corrected chi connectivity index (χ1v) is 5.18. The molecule has 1 heterocycles. The molecule has 0 aliphatic rings. The van der Waals surface area contributed by atoms with E-state index in [9.17, 15) is 13.2 Å². The number of rotatable bonds is 0. The van der Waals surface area contributed by atoms with Gasteiger partial charge in [0.2, 0.25) is 0 Å². The number of hydrogen-bond acceptors (Lipinski definition) is 1. The van der Waals surface area contributed by atoms with Gasteiger partial charge in [-0.1, -0.05) is 6.07 Å². The van der Waals surface area contributed by atoms with Crippen molar-refractivity contribution < 1.29 is 13.2 Å². The first kappa shape index (κ1) is 10.7. The number of nitrogens with zero attached hydrogens (tertiary/aromatic N) is 1. The van der Waals surface area contributed by atoms with Gasteiger partial charge in [-0.25, -0.2) is 0 Å². The summed E-state index contributed by atoms with van der Waals surface area (Å²) in [5, 5.41) is 0.150. The minimum atomic E-state index is -4.33. The van der Waals surface area contributed by atoms with Crippen molar-refractivity contribution in [2.45, 2.75) is 6.18 Å². The molecule has 15 heavy (non-hydrogen) atoms. The van der Waals surface area contributed by atoms with Crippen LogP contribution in [-0.4, -0.2) is 4.98 Å². The Morgan fingerprint density at radius 2 is 1.87 bits per heavy atom. The topological polar surface area (TPSA) is 12.9 Å². The average Bonchev–Trinajstić information content (AvgIpc) is 2.17. The van der Waals surface area contributed by atoms with E-state index in [0.29, 0.717) is 5.52 Å². The second kappa shape index (κ2) is 3.62. The number of benzene rings is 1. The van der Waals surface area contributed by atoms with Crippen LogP contribution in [0.3, 0.4) is 0 Å². The molecule has 78 valence electrons. The van der Waals surface area contributed by atoms with E-state index in [2.05, 4.69) is 4.98 Å². The summed E-state index contributed by atoms with van der Waals surface area (Å²) >= 11 is 1.97. The number of alkyl halides is 3. The van der Waals surface area contributed by atoms with Crippen molar-refractivity contribution in [1.82, 2.24) is 4.98 Å². The molecule has 0 N–H and O–H groups in total. The lowest BCUT2D eigenvalue weighted by atomic mass is 10.1. The molecule has 0 aliphatic heterocycles. The van der Waals surface area contributed by atoms with E-state index in [1.54, 1.807) is 0 Å². The maximum atomic E-state index is 12.6. The van der Waals surface area contributed by atoms with Gasteiger partial charge in [-0.05, 0) is 40.8 Å². The zero-order valence-corrected chi connectivity index (χ0v) is 9.50. The zero-order chi connectivity index (χ0) is 11.1. The van der Waals surface area contributed by atoms with E-state index in [-0.39, 0.29) is 5.39 Å². The van der Waals surface area contributed by atoms with Crippen molar-refractivity contribution in [3.63, 3.8) is 0 Å². The summed E-state index contributed by atoms with van der Waals surface area (Å²) in [6.07, 6.45) is -2.84. The van der Waals surface area contributed by atoms with E-state index in [0.717, 1.165) is 9.64 Å². The second-order valence-electron chi connectivity index (χ2n) is 2.99. The van der Waals surface area contributed by atoms with Crippen LogP contribution in [0.1, 0.15) is 5.56 Å². The summed E-state index contributed by atoms with van der Waals surface area (Å²) in [6, 6.07) is 5.46. The van der Waals surface area contributed by atoms with E-state index in [1.807, 2.05) is 22.6 Å². The molecular formula is C10H5F3IN. The fourth-order valence-electron chi connectivity index (χ4n) is 1.39. The Labute approximate surface area is 97.5 Å². The van der Waals surface area contributed by atoms with E-state index < -0.39 is 11.7 Å². The molecule has 0 atom stereocenters. The molecule has 0 spiro atoms. The first-order valence-electron chi connectivity index (χ1n) is 4.10. The minimum Gasteiger partial charge on any atom is -0.255 e. The molecular weight excluding hydrogens is 318 g/mol. The van der Waals surface area contributed by atoms with Crippen molar-refractivity contribution in [3.8, 4) is 0 Å². The van der Waals surface area contributed by atoms with Crippen molar-refractivity contribution in [3.05, 3.63) is 39.6 Å². The SMILES string of the molecule is FC(F)(F)c1ccc(I)c2ncccc12. The van der Waals surface area contributed by atoms with Crippen molar-refractivity contribution in [2.24, 2.45) is 0 Å². The predicted octanol–water partition coefficient (Wildman–Crippen LogP) is 3.86. The molecule has 0 aliphatic carbocycles. The largest absolute Gasteiger partial charge is 0.417 e. The lowest BCUT2D eigenvalue weighted by Gasteiger charge is -2.10. The van der Waals surface area contributed by atoms with E-state index in [4.69, 9.17) is 0 Å². The average molecular weight is 323 g/mol. The van der Waals surface area contributed by atoms with Gasteiger partial charge in [0, 0.05) is 15.2 Å². The van der Waals surface area contributed by atoms with Crippen LogP contribution in [0.15, 0.2) is 30.5 Å². The van der Waals surface area contributed by atoms with Crippen molar-refractivity contribution >= 4 is 33.5 Å². The smallest absolute Gasteiger partial charge is 0.255 e. The Hall–Kier alpha value is -0.850. The van der Waals surface area contributed by atoms with Crippen LogP contribution in [-0.2, 0) is 6.18 Å². The van der Waals surface area contributed by atoms with Crippen LogP contribution in [0.2, 0.25) is 0 Å². The summed E-state index contributed by atoms with van der Waals surface area (Å²) in [6.45, 7) is 0. The minimum absolute atomic E-state index is 0.150. The monoisotopic (exact) mass is 323 g/mol. The van der Waals surface area contributed by atoms with Crippen LogP contribution in [0, 0.1) is 3.57 Å². The third kappa shape index (κ3) is 1.92. The fourth-order valence-corrected chi connectivity index (χ4v) is 1.99. The second-order valence-corrected chi connectivity index (χ2v) is 4.15. The Morgan fingerprint density at radius 1 is 1.13 bits per heavy atom. The molecule has 0 radical (unpaired) electrons. The molecule has 0 bridgehead atoms. The summed E-state index contributed by atoms with van der Waals surface area (Å²) in [5.74, 6) is 0. The van der Waals surface area contributed by atoms with Gasteiger partial charge in [0.05, 0.1) is 11.1 Å². The normalized spacial score (nSPS) is 12.0. The summed E-state index contributed by atoms with van der Waals surface area (Å²) in [4.78, 5) is 3.95. The molecule has 0 saturated heterocycles. The van der Waals surface area contributed by atoms with Crippen LogP contribution < -0.4 is 0 Å². The third-order valence-electron chi connectivity index (χ3n) is 2.03. The molecule has 1 aromatic heterocycles. The highest BCUT2D eigenvalue weighted by Gasteiger charge is 2.32. The van der Waals surface area contributed by atoms with Crippen LogP contribution in [0.25, 0.3) is 10.9 Å². The van der Waals surface area contributed by atoms with Crippen LogP contribution in [0.5, 0.6) is 0 Å². The molecule has 0 amide bonds. The Morgan fingerprint density at radius 3 is 2.53 bits per heavy atom. The van der Waals surface area contributed by atoms with Crippen LogP contribution >= 0.6 is 22.6 Å². The first-order chi connectivity index (χ1) is 7.00. The van der Waals surface area contributed by atoms with Crippen molar-refractivity contribution in [2.75, 3.05) is 0 Å². The number of aromatic nitrogens is 1. The highest BCUT2D eigenvalue weighted by Crippen LogP contribution is 2.35. The number of hydrogen-bond donors (Lipinski definition) is 0. The van der Waals surface area contributed by atoms with Gasteiger partial charge in [-0.3, -0.25) is 4.98 Å². The fraction of sp³-hybridized carbons (Fsp3) is 0.100. The summed E-state index contributed by atoms with van der Waals surface area (Å²) in [7, 11) is 0. The van der Waals surface area contributed by atoms with Gasteiger partial charge in [0.15, 0.2) is 0 Å². The van der Waals surface area contributed by atoms with Crippen LogP contribution in [0.4, 0.5) is 13.2 Å². The summed E-state index contributed by atoms with van der Waals surface area (Å²) < 4.78 is 38.6. The molecule has 0 fully saturated rings. The molecule has 0 unspecified atom stereocenters. The predicted molar refractivity (Wildman–Crippen MR) is 59.5 cm³/mol. The Bertz CT molecular complexity index is 507. The van der Waals surface area contributed by atoms with Gasteiger partial charge in [-0.2, -0.15) is 13.2 Å². The summed E-state index contributed by atoms with van der Waals surface area (Å²) in [5.41, 5.74) is -0.237. The van der Waals surface area contributed by atoms with Gasteiger partial charge >= 0.3 is 6.18 Å². The quantitative estimate of drug-likeness (QED) is 0.671. The zero-order valence-electron chi connectivity index (χ0n) is 7.35. The van der Waals surface area contributed by atoms with Gasteiger partial charge in [-0.15, -0.1) is 0 Å². The maximum absolute atomic E-state index is 12.6. The molecule has 1 nitrogen and oxygen atoms in total. The molecule has 0 saturated carbocycles. The number of fused-ring (bicyclic) bond motifs is 1. The van der Waals surface area contributed by atoms with Crippen molar-refractivity contribution in [1.29, 1.82) is 0 Å². The van der Waals surface area contributed by atoms with E-state index >= 15 is 0 Å². The lowest BCUT2D eigenvalue weighted by molar-refractivity contribution is -0.136. The van der Waals surface area contributed by atoms with Gasteiger partial charge in [0.1, 0.15) is 0 Å². The molecule has 1 aromatic carbocycles. The van der Waals surface area contributed by atoms with Gasteiger partial charge < -0.3 is 0 Å². The lowest BCUT2D eigenvalue weighted by Crippen LogP contribution is -2.06. The Balaban J connectivity index is 2.84. The molecule has 2 rings (SSSR count). The number of halogens is 4. The van der Waals surface area contributed by atoms with E-state index in [1.165, 1.54) is 24.4 Å². The maximum Gasteiger partial charge on any atom is 0.417 e. The number of pyridine rings is 1.